The SMILES string of the molecule is CCC1=C(C(=O)OC)[C@H](c2ccccc2)n2c(s/c(=C/c3cccc(OCc4ccc(Cl)cc4Cl)c3)c2=O)=N1. The first kappa shape index (κ1) is 26.9. The summed E-state index contributed by atoms with van der Waals surface area (Å²) >= 11 is 13.5. The fourth-order valence-corrected chi connectivity index (χ4v) is 5.94. The van der Waals surface area contributed by atoms with Crippen molar-refractivity contribution in [2.45, 2.75) is 26.0 Å². The number of carbonyl (C=O) groups is 1. The number of nitrogens with zero attached hydrogens (tertiary/aromatic N) is 2. The molecule has 0 saturated carbocycles. The Hall–Kier alpha value is -3.65. The van der Waals surface area contributed by atoms with Gasteiger partial charge in [0, 0.05) is 15.6 Å². The summed E-state index contributed by atoms with van der Waals surface area (Å²) in [7, 11) is 1.34. The summed E-state index contributed by atoms with van der Waals surface area (Å²) < 4.78 is 13.1. The Labute approximate surface area is 239 Å². The molecule has 0 fully saturated rings. The van der Waals surface area contributed by atoms with Gasteiger partial charge in [0.2, 0.25) is 0 Å². The van der Waals surface area contributed by atoms with Crippen LogP contribution >= 0.6 is 34.5 Å². The molecule has 0 saturated heterocycles. The molecule has 0 spiro atoms. The molecule has 0 radical (unpaired) electrons. The molecule has 2 heterocycles. The molecule has 3 aromatic carbocycles. The van der Waals surface area contributed by atoms with Crippen LogP contribution in [0.25, 0.3) is 6.08 Å². The molecule has 1 atom stereocenters. The fourth-order valence-electron chi connectivity index (χ4n) is 4.46. The molecule has 5 rings (SSSR count). The number of hydrogen-bond donors (Lipinski definition) is 0. The number of methoxy groups -OCH3 is 1. The van der Waals surface area contributed by atoms with E-state index < -0.39 is 12.0 Å². The molecule has 9 heteroatoms. The molecule has 1 aliphatic rings. The van der Waals surface area contributed by atoms with Crippen molar-refractivity contribution >= 4 is 46.6 Å². The number of fused-ring (bicyclic) bond motifs is 1. The lowest BCUT2D eigenvalue weighted by Gasteiger charge is -2.25. The molecule has 1 aliphatic heterocycles. The second kappa shape index (κ2) is 11.6. The topological polar surface area (TPSA) is 69.9 Å². The fraction of sp³-hybridized carbons (Fsp3) is 0.167. The van der Waals surface area contributed by atoms with Gasteiger partial charge in [-0.3, -0.25) is 9.36 Å². The molecule has 0 unspecified atom stereocenters. The molecular formula is C30H24Cl2N2O4S. The van der Waals surface area contributed by atoms with Gasteiger partial charge in [-0.05, 0) is 47.9 Å². The molecule has 0 N–H and O–H groups in total. The van der Waals surface area contributed by atoms with E-state index in [4.69, 9.17) is 37.7 Å². The van der Waals surface area contributed by atoms with Crippen LogP contribution in [0.1, 0.15) is 36.1 Å². The second-order valence-corrected chi connectivity index (χ2v) is 10.6. The molecule has 0 amide bonds. The molecule has 1 aromatic heterocycles. The van der Waals surface area contributed by atoms with E-state index in [1.807, 2.05) is 73.7 Å². The highest BCUT2D eigenvalue weighted by Gasteiger charge is 2.33. The first-order chi connectivity index (χ1) is 18.9. The number of allylic oxidation sites excluding steroid dienone is 1. The molecular weight excluding hydrogens is 555 g/mol. The Morgan fingerprint density at radius 3 is 2.59 bits per heavy atom. The lowest BCUT2D eigenvalue weighted by Crippen LogP contribution is -2.40. The monoisotopic (exact) mass is 578 g/mol. The van der Waals surface area contributed by atoms with Gasteiger partial charge >= 0.3 is 5.97 Å². The van der Waals surface area contributed by atoms with Crippen LogP contribution in [-0.2, 0) is 16.1 Å². The maximum atomic E-state index is 13.8. The Balaban J connectivity index is 1.54. The summed E-state index contributed by atoms with van der Waals surface area (Å²) in [5.41, 5.74) is 3.17. The van der Waals surface area contributed by atoms with Crippen molar-refractivity contribution < 1.29 is 14.3 Å². The molecule has 6 nitrogen and oxygen atoms in total. The largest absolute Gasteiger partial charge is 0.489 e. The highest BCUT2D eigenvalue weighted by atomic mass is 35.5. The van der Waals surface area contributed by atoms with Crippen molar-refractivity contribution in [3.05, 3.63) is 130 Å². The van der Waals surface area contributed by atoms with Crippen molar-refractivity contribution in [2.24, 2.45) is 4.99 Å². The Morgan fingerprint density at radius 1 is 1.08 bits per heavy atom. The highest BCUT2D eigenvalue weighted by Crippen LogP contribution is 2.31. The normalized spacial score (nSPS) is 15.1. The van der Waals surface area contributed by atoms with Crippen LogP contribution in [0.2, 0.25) is 10.0 Å². The van der Waals surface area contributed by atoms with Crippen LogP contribution < -0.4 is 19.6 Å². The predicted molar refractivity (Wildman–Crippen MR) is 154 cm³/mol. The van der Waals surface area contributed by atoms with Crippen LogP contribution in [0.4, 0.5) is 0 Å². The van der Waals surface area contributed by atoms with Crippen molar-refractivity contribution in [1.29, 1.82) is 0 Å². The Morgan fingerprint density at radius 2 is 1.87 bits per heavy atom. The zero-order chi connectivity index (χ0) is 27.5. The van der Waals surface area contributed by atoms with Crippen molar-refractivity contribution in [1.82, 2.24) is 4.57 Å². The summed E-state index contributed by atoms with van der Waals surface area (Å²) in [6.45, 7) is 2.20. The zero-order valence-electron chi connectivity index (χ0n) is 21.2. The summed E-state index contributed by atoms with van der Waals surface area (Å²) in [5, 5.41) is 1.09. The molecule has 198 valence electrons. The maximum absolute atomic E-state index is 13.8. The van der Waals surface area contributed by atoms with Gasteiger partial charge in [0.1, 0.15) is 12.4 Å². The second-order valence-electron chi connectivity index (χ2n) is 8.80. The number of rotatable bonds is 7. The number of esters is 1. The van der Waals surface area contributed by atoms with Gasteiger partial charge in [-0.25, -0.2) is 9.79 Å². The van der Waals surface area contributed by atoms with Gasteiger partial charge in [-0.1, -0.05) is 90.0 Å². The minimum Gasteiger partial charge on any atom is -0.489 e. The predicted octanol–water partition coefficient (Wildman–Crippen LogP) is 5.68. The third-order valence-corrected chi connectivity index (χ3v) is 7.90. The molecule has 4 aromatic rings. The number of ether oxygens (including phenoxy) is 2. The van der Waals surface area contributed by atoms with Crippen molar-refractivity contribution in [2.75, 3.05) is 7.11 Å². The van der Waals surface area contributed by atoms with Gasteiger partial charge < -0.3 is 9.47 Å². The third-order valence-electron chi connectivity index (χ3n) is 6.33. The van der Waals surface area contributed by atoms with E-state index in [9.17, 15) is 9.59 Å². The highest BCUT2D eigenvalue weighted by molar-refractivity contribution is 7.07. The smallest absolute Gasteiger partial charge is 0.338 e. The van der Waals surface area contributed by atoms with E-state index in [1.165, 1.54) is 18.4 Å². The Bertz CT molecular complexity index is 1760. The summed E-state index contributed by atoms with van der Waals surface area (Å²) in [6, 6.07) is 21.5. The number of carbonyl (C=O) groups excluding carboxylic acids is 1. The zero-order valence-corrected chi connectivity index (χ0v) is 23.5. The van der Waals surface area contributed by atoms with Gasteiger partial charge in [0.05, 0.1) is 29.0 Å². The Kier molecular flexibility index (Phi) is 8.02. The van der Waals surface area contributed by atoms with Crippen LogP contribution in [0, 0.1) is 0 Å². The lowest BCUT2D eigenvalue weighted by molar-refractivity contribution is -0.136. The van der Waals surface area contributed by atoms with Crippen LogP contribution in [0.15, 0.2) is 93.9 Å². The van der Waals surface area contributed by atoms with Crippen LogP contribution in [0.5, 0.6) is 5.75 Å². The number of thiazole rings is 1. The third kappa shape index (κ3) is 5.57. The maximum Gasteiger partial charge on any atom is 0.338 e. The minimum atomic E-state index is -0.634. The number of halogens is 2. The van der Waals surface area contributed by atoms with Gasteiger partial charge in [-0.2, -0.15) is 0 Å². The van der Waals surface area contributed by atoms with E-state index in [-0.39, 0.29) is 12.2 Å². The minimum absolute atomic E-state index is 0.233. The van der Waals surface area contributed by atoms with E-state index >= 15 is 0 Å². The first-order valence-electron chi connectivity index (χ1n) is 12.2. The standard InChI is InChI=1S/C30H24Cl2N2O4S/c1-3-24-26(29(36)37-2)27(19-9-5-4-6-10-19)34-28(35)25(39-30(34)33-24)15-18-8-7-11-22(14-18)38-17-20-12-13-21(31)16-23(20)32/h4-16,27H,3,17H2,1-2H3/b25-15+/t27-/m0/s1. The van der Waals surface area contributed by atoms with Gasteiger partial charge in [0.25, 0.3) is 5.56 Å². The van der Waals surface area contributed by atoms with Gasteiger partial charge in [0.15, 0.2) is 4.80 Å². The summed E-state index contributed by atoms with van der Waals surface area (Å²) in [4.78, 5) is 31.9. The summed E-state index contributed by atoms with van der Waals surface area (Å²) in [6.07, 6.45) is 2.33. The number of benzene rings is 3. The quantitative estimate of drug-likeness (QED) is 0.264. The number of aromatic nitrogens is 1. The molecule has 0 bridgehead atoms. The summed E-state index contributed by atoms with van der Waals surface area (Å²) in [5.74, 6) is 0.135. The van der Waals surface area contributed by atoms with Crippen molar-refractivity contribution in [3.8, 4) is 5.75 Å². The average Bonchev–Trinajstić information content (AvgIpc) is 3.26. The van der Waals surface area contributed by atoms with E-state index in [0.29, 0.717) is 42.8 Å². The van der Waals surface area contributed by atoms with Crippen molar-refractivity contribution in [3.63, 3.8) is 0 Å². The van der Waals surface area contributed by atoms with Gasteiger partial charge in [-0.15, -0.1) is 0 Å². The van der Waals surface area contributed by atoms with E-state index in [1.54, 1.807) is 16.7 Å². The molecule has 39 heavy (non-hydrogen) atoms. The van der Waals surface area contributed by atoms with E-state index in [2.05, 4.69) is 0 Å². The van der Waals surface area contributed by atoms with Crippen LogP contribution in [0.3, 0.4) is 0 Å². The first-order valence-corrected chi connectivity index (χ1v) is 13.8. The van der Waals surface area contributed by atoms with E-state index in [0.717, 1.165) is 16.7 Å². The van der Waals surface area contributed by atoms with Crippen LogP contribution in [-0.4, -0.2) is 17.6 Å². The number of hydrogen-bond acceptors (Lipinski definition) is 6. The molecule has 0 aliphatic carbocycles. The average molecular weight is 580 g/mol. The lowest BCUT2D eigenvalue weighted by atomic mass is 9.95.